The highest BCUT2D eigenvalue weighted by molar-refractivity contribution is 5.87. The third-order valence-corrected chi connectivity index (χ3v) is 2.89. The van der Waals surface area contributed by atoms with Gasteiger partial charge in [-0.05, 0) is 30.5 Å². The number of hydrogen-bond acceptors (Lipinski definition) is 3. The van der Waals surface area contributed by atoms with Gasteiger partial charge in [0.05, 0.1) is 11.6 Å². The predicted molar refractivity (Wildman–Crippen MR) is 77.6 cm³/mol. The number of benzene rings is 1. The first-order chi connectivity index (χ1) is 9.40. The Balaban J connectivity index is 2.42. The van der Waals surface area contributed by atoms with Gasteiger partial charge in [0, 0.05) is 13.1 Å². The topological polar surface area (TPSA) is 78.4 Å². The highest BCUT2D eigenvalue weighted by Gasteiger charge is 2.12. The average molecular weight is 278 g/mol. The van der Waals surface area contributed by atoms with Crippen molar-refractivity contribution < 1.29 is 14.7 Å². The van der Waals surface area contributed by atoms with Crippen LogP contribution in [-0.4, -0.2) is 29.6 Å². The molecule has 1 atom stereocenters. The Kier molecular flexibility index (Phi) is 6.18. The van der Waals surface area contributed by atoms with E-state index in [9.17, 15) is 9.59 Å². The van der Waals surface area contributed by atoms with Crippen molar-refractivity contribution in [1.82, 2.24) is 10.6 Å². The molecule has 0 aliphatic carbocycles. The summed E-state index contributed by atoms with van der Waals surface area (Å²) in [6.45, 7) is 7.08. The predicted octanol–water partition coefficient (Wildman–Crippen LogP) is 1.64. The molecule has 0 saturated carbocycles. The van der Waals surface area contributed by atoms with Crippen molar-refractivity contribution in [3.05, 3.63) is 35.4 Å². The minimum Gasteiger partial charge on any atom is -0.478 e. The standard InChI is InChI=1S/C15H22N2O3/c1-10(2)8-17-14(18)11(3)16-9-12-4-6-13(7-5-12)15(19)20/h4-7,10-11,16H,8-9H2,1-3H3,(H,17,18)(H,19,20). The second-order valence-corrected chi connectivity index (χ2v) is 5.24. The number of carbonyl (C=O) groups excluding carboxylic acids is 1. The number of hydrogen-bond donors (Lipinski definition) is 3. The fourth-order valence-corrected chi connectivity index (χ4v) is 1.59. The first kappa shape index (κ1) is 16.2. The van der Waals surface area contributed by atoms with E-state index in [0.29, 0.717) is 19.0 Å². The molecule has 1 aromatic carbocycles. The quantitative estimate of drug-likeness (QED) is 0.708. The van der Waals surface area contributed by atoms with E-state index in [-0.39, 0.29) is 17.5 Å². The summed E-state index contributed by atoms with van der Waals surface area (Å²) in [6, 6.07) is 6.32. The smallest absolute Gasteiger partial charge is 0.335 e. The van der Waals surface area contributed by atoms with Gasteiger partial charge < -0.3 is 15.7 Å². The van der Waals surface area contributed by atoms with Crippen LogP contribution in [0.15, 0.2) is 24.3 Å². The minimum atomic E-state index is -0.939. The van der Waals surface area contributed by atoms with Gasteiger partial charge in [-0.25, -0.2) is 4.79 Å². The maximum absolute atomic E-state index is 11.8. The maximum atomic E-state index is 11.8. The zero-order valence-electron chi connectivity index (χ0n) is 12.1. The fraction of sp³-hybridized carbons (Fsp3) is 0.467. The Morgan fingerprint density at radius 1 is 1.15 bits per heavy atom. The molecule has 0 aliphatic heterocycles. The summed E-state index contributed by atoms with van der Waals surface area (Å²) in [4.78, 5) is 22.5. The van der Waals surface area contributed by atoms with E-state index in [1.807, 2.05) is 13.8 Å². The first-order valence-corrected chi connectivity index (χ1v) is 6.73. The third kappa shape index (κ3) is 5.40. The summed E-state index contributed by atoms with van der Waals surface area (Å²) in [5.74, 6) is -0.540. The summed E-state index contributed by atoms with van der Waals surface area (Å²) >= 11 is 0. The van der Waals surface area contributed by atoms with Crippen LogP contribution in [0.2, 0.25) is 0 Å². The summed E-state index contributed by atoms with van der Waals surface area (Å²) in [6.07, 6.45) is 0. The number of carbonyl (C=O) groups is 2. The summed E-state index contributed by atoms with van der Waals surface area (Å²) < 4.78 is 0. The number of nitrogens with one attached hydrogen (secondary N) is 2. The van der Waals surface area contributed by atoms with Crippen molar-refractivity contribution in [1.29, 1.82) is 0 Å². The molecule has 5 nitrogen and oxygen atoms in total. The monoisotopic (exact) mass is 278 g/mol. The molecule has 1 rings (SSSR count). The highest BCUT2D eigenvalue weighted by atomic mass is 16.4. The van der Waals surface area contributed by atoms with Crippen LogP contribution in [0.1, 0.15) is 36.7 Å². The lowest BCUT2D eigenvalue weighted by molar-refractivity contribution is -0.122. The van der Waals surface area contributed by atoms with Crippen molar-refractivity contribution in [2.75, 3.05) is 6.54 Å². The number of rotatable bonds is 7. The Bertz CT molecular complexity index is 455. The average Bonchev–Trinajstić information content (AvgIpc) is 2.42. The summed E-state index contributed by atoms with van der Waals surface area (Å²) in [5.41, 5.74) is 1.20. The minimum absolute atomic E-state index is 0.0270. The van der Waals surface area contributed by atoms with E-state index in [4.69, 9.17) is 5.11 Å². The Hall–Kier alpha value is -1.88. The molecule has 0 radical (unpaired) electrons. The molecule has 0 saturated heterocycles. The van der Waals surface area contributed by atoms with E-state index in [1.165, 1.54) is 0 Å². The zero-order valence-corrected chi connectivity index (χ0v) is 12.1. The number of carboxylic acids is 1. The van der Waals surface area contributed by atoms with Crippen molar-refractivity contribution in [3.63, 3.8) is 0 Å². The van der Waals surface area contributed by atoms with Crippen LogP contribution in [0.25, 0.3) is 0 Å². The second kappa shape index (κ2) is 7.65. The largest absolute Gasteiger partial charge is 0.478 e. The van der Waals surface area contributed by atoms with Gasteiger partial charge in [-0.2, -0.15) is 0 Å². The fourth-order valence-electron chi connectivity index (χ4n) is 1.59. The van der Waals surface area contributed by atoms with Crippen LogP contribution in [0.3, 0.4) is 0 Å². The molecule has 0 aliphatic rings. The lowest BCUT2D eigenvalue weighted by atomic mass is 10.1. The summed E-state index contributed by atoms with van der Waals surface area (Å²) in [5, 5.41) is 14.8. The van der Waals surface area contributed by atoms with E-state index >= 15 is 0 Å². The Morgan fingerprint density at radius 3 is 2.25 bits per heavy atom. The van der Waals surface area contributed by atoms with Crippen LogP contribution in [0, 0.1) is 5.92 Å². The number of carboxylic acid groups (broad SMARTS) is 1. The van der Waals surface area contributed by atoms with Gasteiger partial charge in [0.15, 0.2) is 0 Å². The van der Waals surface area contributed by atoms with Gasteiger partial charge in [0.1, 0.15) is 0 Å². The molecular formula is C15H22N2O3. The van der Waals surface area contributed by atoms with E-state index in [2.05, 4.69) is 10.6 Å². The van der Waals surface area contributed by atoms with Crippen molar-refractivity contribution in [2.45, 2.75) is 33.4 Å². The van der Waals surface area contributed by atoms with Gasteiger partial charge in [-0.15, -0.1) is 0 Å². The third-order valence-electron chi connectivity index (χ3n) is 2.89. The lowest BCUT2D eigenvalue weighted by Crippen LogP contribution is -2.42. The van der Waals surface area contributed by atoms with E-state index in [1.54, 1.807) is 31.2 Å². The Morgan fingerprint density at radius 2 is 1.75 bits per heavy atom. The van der Waals surface area contributed by atoms with Crippen LogP contribution in [0.5, 0.6) is 0 Å². The number of amides is 1. The normalized spacial score (nSPS) is 12.2. The molecule has 20 heavy (non-hydrogen) atoms. The zero-order chi connectivity index (χ0) is 15.1. The maximum Gasteiger partial charge on any atom is 0.335 e. The van der Waals surface area contributed by atoms with Crippen LogP contribution < -0.4 is 10.6 Å². The van der Waals surface area contributed by atoms with Crippen molar-refractivity contribution in [2.24, 2.45) is 5.92 Å². The molecule has 110 valence electrons. The molecule has 0 aromatic heterocycles. The molecule has 1 amide bonds. The highest BCUT2D eigenvalue weighted by Crippen LogP contribution is 2.04. The van der Waals surface area contributed by atoms with Crippen molar-refractivity contribution >= 4 is 11.9 Å². The van der Waals surface area contributed by atoms with E-state index < -0.39 is 5.97 Å². The van der Waals surface area contributed by atoms with Gasteiger partial charge in [-0.3, -0.25) is 4.79 Å². The molecule has 0 bridgehead atoms. The molecular weight excluding hydrogens is 256 g/mol. The lowest BCUT2D eigenvalue weighted by Gasteiger charge is -2.15. The molecule has 0 heterocycles. The van der Waals surface area contributed by atoms with Gasteiger partial charge in [-0.1, -0.05) is 26.0 Å². The molecule has 1 aromatic rings. The van der Waals surface area contributed by atoms with Gasteiger partial charge >= 0.3 is 5.97 Å². The first-order valence-electron chi connectivity index (χ1n) is 6.73. The second-order valence-electron chi connectivity index (χ2n) is 5.24. The molecule has 0 spiro atoms. The molecule has 5 heteroatoms. The van der Waals surface area contributed by atoms with Gasteiger partial charge in [0.2, 0.25) is 5.91 Å². The SMILES string of the molecule is CC(C)CNC(=O)C(C)NCc1ccc(C(=O)O)cc1. The van der Waals surface area contributed by atoms with Gasteiger partial charge in [0.25, 0.3) is 0 Å². The van der Waals surface area contributed by atoms with E-state index in [0.717, 1.165) is 5.56 Å². The summed E-state index contributed by atoms with van der Waals surface area (Å²) in [7, 11) is 0. The molecule has 0 fully saturated rings. The van der Waals surface area contributed by atoms with Crippen LogP contribution in [0.4, 0.5) is 0 Å². The van der Waals surface area contributed by atoms with Crippen LogP contribution in [-0.2, 0) is 11.3 Å². The van der Waals surface area contributed by atoms with Crippen LogP contribution >= 0.6 is 0 Å². The number of aromatic carboxylic acids is 1. The molecule has 1 unspecified atom stereocenters. The van der Waals surface area contributed by atoms with Crippen molar-refractivity contribution in [3.8, 4) is 0 Å². The Labute approximate surface area is 119 Å². The molecule has 3 N–H and O–H groups in total.